The van der Waals surface area contributed by atoms with E-state index < -0.39 is 0 Å². The van der Waals surface area contributed by atoms with Crippen LogP contribution in [0.25, 0.3) is 10.7 Å². The Bertz CT molecular complexity index is 414. The first-order chi connectivity index (χ1) is 6.18. The predicted molar refractivity (Wildman–Crippen MR) is 59.2 cm³/mol. The molecular formula is C6H6IN5S. The second-order valence-corrected chi connectivity index (χ2v) is 4.58. The lowest BCUT2D eigenvalue weighted by Crippen LogP contribution is -1.93. The van der Waals surface area contributed by atoms with E-state index in [1.807, 2.05) is 7.05 Å². The van der Waals surface area contributed by atoms with E-state index in [1.165, 1.54) is 11.3 Å². The summed E-state index contributed by atoms with van der Waals surface area (Å²) in [7, 11) is 1.87. The van der Waals surface area contributed by atoms with Crippen LogP contribution in [-0.2, 0) is 7.05 Å². The Balaban J connectivity index is 2.57. The lowest BCUT2D eigenvalue weighted by atomic mass is 10.4. The molecule has 0 aliphatic heterocycles. The van der Waals surface area contributed by atoms with Crippen molar-refractivity contribution < 1.29 is 0 Å². The fourth-order valence-electron chi connectivity index (χ4n) is 0.982. The highest BCUT2D eigenvalue weighted by atomic mass is 127. The molecule has 2 N–H and O–H groups in total. The fraction of sp³-hybridized carbons (Fsp3) is 0.167. The molecular weight excluding hydrogens is 301 g/mol. The summed E-state index contributed by atoms with van der Waals surface area (Å²) in [6, 6.07) is 0. The molecule has 2 rings (SSSR count). The highest BCUT2D eigenvalue weighted by Gasteiger charge is 2.12. The average molecular weight is 307 g/mol. The maximum absolute atomic E-state index is 5.50. The molecule has 0 aliphatic carbocycles. The molecule has 0 radical (unpaired) electrons. The van der Waals surface area contributed by atoms with Crippen molar-refractivity contribution in [3.05, 3.63) is 9.77 Å². The van der Waals surface area contributed by atoms with E-state index >= 15 is 0 Å². The smallest absolute Gasteiger partial charge is 0.203 e. The molecule has 13 heavy (non-hydrogen) atoms. The molecule has 68 valence electrons. The summed E-state index contributed by atoms with van der Waals surface area (Å²) in [4.78, 5) is 0. The topological polar surface area (TPSA) is 69.6 Å². The largest absolute Gasteiger partial charge is 0.374 e. The van der Waals surface area contributed by atoms with Crippen molar-refractivity contribution in [2.45, 2.75) is 0 Å². The van der Waals surface area contributed by atoms with Gasteiger partial charge in [0.25, 0.3) is 0 Å². The molecule has 0 amide bonds. The van der Waals surface area contributed by atoms with E-state index in [2.05, 4.69) is 37.9 Å². The minimum atomic E-state index is 0.479. The third kappa shape index (κ3) is 1.53. The van der Waals surface area contributed by atoms with E-state index in [0.717, 1.165) is 14.3 Å². The number of aromatic nitrogens is 4. The van der Waals surface area contributed by atoms with Crippen LogP contribution in [-0.4, -0.2) is 20.0 Å². The van der Waals surface area contributed by atoms with E-state index in [0.29, 0.717) is 5.13 Å². The van der Waals surface area contributed by atoms with E-state index in [1.54, 1.807) is 10.9 Å². The zero-order chi connectivity index (χ0) is 9.42. The maximum atomic E-state index is 5.50. The van der Waals surface area contributed by atoms with Crippen LogP contribution in [0, 0.1) is 3.57 Å². The first kappa shape index (κ1) is 8.88. The Kier molecular flexibility index (Phi) is 2.20. The second kappa shape index (κ2) is 3.22. The van der Waals surface area contributed by atoms with Gasteiger partial charge in [-0.2, -0.15) is 5.10 Å². The Morgan fingerprint density at radius 2 is 2.31 bits per heavy atom. The molecule has 7 heteroatoms. The van der Waals surface area contributed by atoms with Crippen LogP contribution in [0.4, 0.5) is 5.13 Å². The summed E-state index contributed by atoms with van der Waals surface area (Å²) < 4.78 is 2.82. The van der Waals surface area contributed by atoms with Crippen LogP contribution < -0.4 is 5.73 Å². The summed E-state index contributed by atoms with van der Waals surface area (Å²) in [6.45, 7) is 0. The van der Waals surface area contributed by atoms with Gasteiger partial charge in [0.2, 0.25) is 5.13 Å². The van der Waals surface area contributed by atoms with Crippen LogP contribution >= 0.6 is 33.9 Å². The zero-order valence-electron chi connectivity index (χ0n) is 6.73. The quantitative estimate of drug-likeness (QED) is 0.802. The standard InChI is InChI=1S/C6H6IN5S/c1-12-4(3(7)2-9-12)5-10-11-6(8)13-5/h2H,1H3,(H2,8,11). The molecule has 0 aliphatic rings. The number of anilines is 1. The van der Waals surface area contributed by atoms with Gasteiger partial charge in [0.05, 0.1) is 9.77 Å². The van der Waals surface area contributed by atoms with Crippen molar-refractivity contribution in [1.29, 1.82) is 0 Å². The van der Waals surface area contributed by atoms with Crippen LogP contribution in [0.5, 0.6) is 0 Å². The summed E-state index contributed by atoms with van der Waals surface area (Å²) in [5, 5.41) is 13.1. The zero-order valence-corrected chi connectivity index (χ0v) is 9.70. The molecule has 0 atom stereocenters. The van der Waals surface area contributed by atoms with E-state index in [4.69, 9.17) is 5.73 Å². The Morgan fingerprint density at radius 3 is 2.77 bits per heavy atom. The molecule has 2 aromatic rings. The van der Waals surface area contributed by atoms with Gasteiger partial charge in [-0.1, -0.05) is 11.3 Å². The molecule has 0 unspecified atom stereocenters. The molecule has 2 aromatic heterocycles. The first-order valence-electron chi connectivity index (χ1n) is 3.45. The van der Waals surface area contributed by atoms with Crippen molar-refractivity contribution in [3.63, 3.8) is 0 Å². The van der Waals surface area contributed by atoms with Crippen molar-refractivity contribution in [2.24, 2.45) is 7.05 Å². The number of halogens is 1. The summed E-state index contributed by atoms with van der Waals surface area (Å²) in [6.07, 6.45) is 1.79. The van der Waals surface area contributed by atoms with Gasteiger partial charge < -0.3 is 5.73 Å². The van der Waals surface area contributed by atoms with Crippen molar-refractivity contribution >= 4 is 39.1 Å². The van der Waals surface area contributed by atoms with Gasteiger partial charge in [0.1, 0.15) is 5.69 Å². The van der Waals surface area contributed by atoms with Crippen molar-refractivity contribution in [2.75, 3.05) is 5.73 Å². The Morgan fingerprint density at radius 1 is 1.54 bits per heavy atom. The summed E-state index contributed by atoms with van der Waals surface area (Å²) >= 11 is 3.57. The number of aryl methyl sites for hydroxylation is 1. The van der Waals surface area contributed by atoms with Gasteiger partial charge in [-0.15, -0.1) is 10.2 Å². The number of rotatable bonds is 1. The molecule has 0 bridgehead atoms. The SMILES string of the molecule is Cn1ncc(I)c1-c1nnc(N)s1. The average Bonchev–Trinajstić information content (AvgIpc) is 2.60. The molecule has 0 saturated heterocycles. The monoisotopic (exact) mass is 307 g/mol. The van der Waals surface area contributed by atoms with E-state index in [-0.39, 0.29) is 0 Å². The molecule has 0 fully saturated rings. The lowest BCUT2D eigenvalue weighted by Gasteiger charge is -1.95. The van der Waals surface area contributed by atoms with Gasteiger partial charge in [-0.25, -0.2) is 0 Å². The van der Waals surface area contributed by atoms with Gasteiger partial charge in [-0.05, 0) is 22.6 Å². The minimum Gasteiger partial charge on any atom is -0.374 e. The van der Waals surface area contributed by atoms with Crippen molar-refractivity contribution in [3.8, 4) is 10.7 Å². The van der Waals surface area contributed by atoms with Crippen molar-refractivity contribution in [1.82, 2.24) is 20.0 Å². The van der Waals surface area contributed by atoms with Crippen LogP contribution in [0.3, 0.4) is 0 Å². The van der Waals surface area contributed by atoms with Crippen LogP contribution in [0.15, 0.2) is 6.20 Å². The van der Waals surface area contributed by atoms with Gasteiger partial charge >= 0.3 is 0 Å². The van der Waals surface area contributed by atoms with Crippen LogP contribution in [0.1, 0.15) is 0 Å². The minimum absolute atomic E-state index is 0.479. The number of nitrogens with two attached hydrogens (primary N) is 1. The lowest BCUT2D eigenvalue weighted by molar-refractivity contribution is 0.773. The molecule has 5 nitrogen and oxygen atoms in total. The molecule has 0 aromatic carbocycles. The number of hydrogen-bond donors (Lipinski definition) is 1. The third-order valence-electron chi connectivity index (χ3n) is 1.54. The summed E-state index contributed by atoms with van der Waals surface area (Å²) in [5.41, 5.74) is 6.47. The number of hydrogen-bond acceptors (Lipinski definition) is 5. The second-order valence-electron chi connectivity index (χ2n) is 2.41. The maximum Gasteiger partial charge on any atom is 0.203 e. The highest BCUT2D eigenvalue weighted by Crippen LogP contribution is 2.27. The normalized spacial score (nSPS) is 10.6. The predicted octanol–water partition coefficient (Wildman–Crippen LogP) is 1.13. The fourth-order valence-corrected chi connectivity index (χ4v) is 2.59. The van der Waals surface area contributed by atoms with Gasteiger partial charge in [0.15, 0.2) is 5.01 Å². The first-order valence-corrected chi connectivity index (χ1v) is 5.35. The van der Waals surface area contributed by atoms with Gasteiger partial charge in [-0.3, -0.25) is 4.68 Å². The Labute approximate surface area is 92.1 Å². The number of nitrogen functional groups attached to an aromatic ring is 1. The van der Waals surface area contributed by atoms with Crippen LogP contribution in [0.2, 0.25) is 0 Å². The molecule has 0 saturated carbocycles. The highest BCUT2D eigenvalue weighted by molar-refractivity contribution is 14.1. The molecule has 2 heterocycles. The Hall–Kier alpha value is -0.700. The van der Waals surface area contributed by atoms with E-state index in [9.17, 15) is 0 Å². The molecule has 0 spiro atoms. The third-order valence-corrected chi connectivity index (χ3v) is 3.09. The number of nitrogens with zero attached hydrogens (tertiary/aromatic N) is 4. The van der Waals surface area contributed by atoms with Gasteiger partial charge in [0, 0.05) is 7.05 Å². The summed E-state index contributed by atoms with van der Waals surface area (Å²) in [5.74, 6) is 0.